The molecule has 1 aromatic carbocycles. The van der Waals surface area contributed by atoms with Crippen molar-refractivity contribution in [3.8, 4) is 0 Å². The summed E-state index contributed by atoms with van der Waals surface area (Å²) < 4.78 is 0. The molecule has 0 spiro atoms. The number of carbonyl (C=O) groups is 2. The summed E-state index contributed by atoms with van der Waals surface area (Å²) in [6.45, 7) is 0.310. The van der Waals surface area contributed by atoms with E-state index in [4.69, 9.17) is 11.6 Å². The maximum absolute atomic E-state index is 12.0. The van der Waals surface area contributed by atoms with Gasteiger partial charge in [0.25, 0.3) is 0 Å². The molecule has 2 aromatic rings. The molecule has 6 nitrogen and oxygen atoms in total. The van der Waals surface area contributed by atoms with Crippen LogP contribution in [0.25, 0.3) is 0 Å². The summed E-state index contributed by atoms with van der Waals surface area (Å²) in [5.41, 5.74) is 1.29. The Kier molecular flexibility index (Phi) is 6.08. The Balaban J connectivity index is 1.92. The van der Waals surface area contributed by atoms with Gasteiger partial charge in [0.15, 0.2) is 0 Å². The number of rotatable bonds is 7. The van der Waals surface area contributed by atoms with Crippen molar-refractivity contribution >= 4 is 29.2 Å². The van der Waals surface area contributed by atoms with Crippen molar-refractivity contribution in [1.29, 1.82) is 0 Å². The standard InChI is InChI=1S/C16H16ClN3O3/c17-12-5-1-2-6-13(12)20-15(21)8-14(16(22)23)19-10-11-4-3-7-18-9-11/h1-7,9,14,19H,8,10H2,(H,20,21)(H,22,23). The lowest BCUT2D eigenvalue weighted by molar-refractivity contribution is -0.141. The number of nitrogens with zero attached hydrogens (tertiary/aromatic N) is 1. The van der Waals surface area contributed by atoms with Crippen LogP contribution in [-0.2, 0) is 16.1 Å². The van der Waals surface area contributed by atoms with Crippen LogP contribution in [0.2, 0.25) is 5.02 Å². The monoisotopic (exact) mass is 333 g/mol. The molecule has 23 heavy (non-hydrogen) atoms. The molecule has 3 N–H and O–H groups in total. The number of amides is 1. The molecule has 0 bridgehead atoms. The van der Waals surface area contributed by atoms with Gasteiger partial charge in [-0.25, -0.2) is 0 Å². The number of nitrogens with one attached hydrogen (secondary N) is 2. The Morgan fingerprint density at radius 3 is 2.65 bits per heavy atom. The number of anilines is 1. The van der Waals surface area contributed by atoms with E-state index in [9.17, 15) is 14.7 Å². The zero-order valence-corrected chi connectivity index (χ0v) is 13.0. The molecule has 0 aliphatic heterocycles. The van der Waals surface area contributed by atoms with Crippen molar-refractivity contribution in [1.82, 2.24) is 10.3 Å². The lowest BCUT2D eigenvalue weighted by Crippen LogP contribution is -2.39. The fourth-order valence-electron chi connectivity index (χ4n) is 1.94. The second-order valence-corrected chi connectivity index (χ2v) is 5.27. The Morgan fingerprint density at radius 1 is 1.22 bits per heavy atom. The third kappa shape index (κ3) is 5.36. The second kappa shape index (κ2) is 8.26. The molecule has 1 amide bonds. The van der Waals surface area contributed by atoms with E-state index in [0.29, 0.717) is 17.3 Å². The summed E-state index contributed by atoms with van der Waals surface area (Å²) in [6, 6.07) is 9.35. The van der Waals surface area contributed by atoms with E-state index < -0.39 is 17.9 Å². The zero-order chi connectivity index (χ0) is 16.7. The number of hydrogen-bond donors (Lipinski definition) is 3. The summed E-state index contributed by atoms with van der Waals surface area (Å²) in [5.74, 6) is -1.52. The van der Waals surface area contributed by atoms with E-state index in [1.165, 1.54) is 0 Å². The van der Waals surface area contributed by atoms with Gasteiger partial charge < -0.3 is 10.4 Å². The number of aliphatic carboxylic acids is 1. The topological polar surface area (TPSA) is 91.3 Å². The SMILES string of the molecule is O=C(CC(NCc1cccnc1)C(=O)O)Nc1ccccc1Cl. The van der Waals surface area contributed by atoms with Crippen LogP contribution in [0.3, 0.4) is 0 Å². The first-order chi connectivity index (χ1) is 11.1. The van der Waals surface area contributed by atoms with E-state index in [-0.39, 0.29) is 6.42 Å². The summed E-state index contributed by atoms with van der Waals surface area (Å²) in [7, 11) is 0. The molecule has 0 saturated heterocycles. The summed E-state index contributed by atoms with van der Waals surface area (Å²) in [4.78, 5) is 27.2. The van der Waals surface area contributed by atoms with E-state index in [2.05, 4.69) is 15.6 Å². The molecule has 1 unspecified atom stereocenters. The average molecular weight is 334 g/mol. The summed E-state index contributed by atoms with van der Waals surface area (Å²) in [5, 5.41) is 15.1. The highest BCUT2D eigenvalue weighted by Crippen LogP contribution is 2.20. The minimum atomic E-state index is -1.09. The van der Waals surface area contributed by atoms with Crippen molar-refractivity contribution in [2.75, 3.05) is 5.32 Å². The fourth-order valence-corrected chi connectivity index (χ4v) is 2.12. The third-order valence-electron chi connectivity index (χ3n) is 3.11. The molecule has 120 valence electrons. The Bertz CT molecular complexity index is 679. The Morgan fingerprint density at radius 2 is 2.00 bits per heavy atom. The maximum Gasteiger partial charge on any atom is 0.321 e. The van der Waals surface area contributed by atoms with E-state index in [1.54, 1.807) is 42.7 Å². The highest BCUT2D eigenvalue weighted by Gasteiger charge is 2.21. The Labute approximate surface area is 138 Å². The molecule has 1 atom stereocenters. The van der Waals surface area contributed by atoms with Crippen molar-refractivity contribution in [3.05, 3.63) is 59.4 Å². The maximum atomic E-state index is 12.0. The van der Waals surface area contributed by atoms with Gasteiger partial charge in [-0.1, -0.05) is 29.8 Å². The van der Waals surface area contributed by atoms with Crippen LogP contribution < -0.4 is 10.6 Å². The van der Waals surface area contributed by atoms with Gasteiger partial charge in [-0.3, -0.25) is 19.9 Å². The van der Waals surface area contributed by atoms with E-state index in [0.717, 1.165) is 5.56 Å². The molecule has 1 aromatic heterocycles. The average Bonchev–Trinajstić information content (AvgIpc) is 2.54. The molecule has 7 heteroatoms. The van der Waals surface area contributed by atoms with Crippen LogP contribution in [0.1, 0.15) is 12.0 Å². The quantitative estimate of drug-likeness (QED) is 0.723. The van der Waals surface area contributed by atoms with Gasteiger partial charge in [-0.05, 0) is 23.8 Å². The minimum Gasteiger partial charge on any atom is -0.480 e. The minimum absolute atomic E-state index is 0.208. The normalized spacial score (nSPS) is 11.7. The second-order valence-electron chi connectivity index (χ2n) is 4.87. The number of aromatic nitrogens is 1. The number of pyridine rings is 1. The molecular weight excluding hydrogens is 318 g/mol. The smallest absolute Gasteiger partial charge is 0.321 e. The number of benzene rings is 1. The predicted octanol–water partition coefficient (Wildman–Crippen LogP) is 2.31. The molecule has 2 rings (SSSR count). The van der Waals surface area contributed by atoms with Crippen LogP contribution in [0.4, 0.5) is 5.69 Å². The van der Waals surface area contributed by atoms with Gasteiger partial charge in [-0.15, -0.1) is 0 Å². The lowest BCUT2D eigenvalue weighted by Gasteiger charge is -2.14. The van der Waals surface area contributed by atoms with E-state index >= 15 is 0 Å². The van der Waals surface area contributed by atoms with E-state index in [1.807, 2.05) is 6.07 Å². The number of halogens is 1. The highest BCUT2D eigenvalue weighted by atomic mass is 35.5. The molecule has 0 saturated carbocycles. The molecule has 0 aliphatic rings. The van der Waals surface area contributed by atoms with Crippen LogP contribution in [0.15, 0.2) is 48.8 Å². The van der Waals surface area contributed by atoms with Gasteiger partial charge in [0.1, 0.15) is 6.04 Å². The zero-order valence-electron chi connectivity index (χ0n) is 12.2. The largest absolute Gasteiger partial charge is 0.480 e. The highest BCUT2D eigenvalue weighted by molar-refractivity contribution is 6.33. The number of carbonyl (C=O) groups excluding carboxylic acids is 1. The van der Waals surface area contributed by atoms with Gasteiger partial charge in [0.2, 0.25) is 5.91 Å². The summed E-state index contributed by atoms with van der Waals surface area (Å²) >= 11 is 5.96. The summed E-state index contributed by atoms with van der Waals surface area (Å²) in [6.07, 6.45) is 3.06. The van der Waals surface area contributed by atoms with Crippen molar-refractivity contribution < 1.29 is 14.7 Å². The van der Waals surface area contributed by atoms with Crippen molar-refractivity contribution in [2.24, 2.45) is 0 Å². The van der Waals surface area contributed by atoms with Crippen LogP contribution in [0.5, 0.6) is 0 Å². The Hall–Kier alpha value is -2.44. The first-order valence-corrected chi connectivity index (χ1v) is 7.33. The van der Waals surface area contributed by atoms with Crippen molar-refractivity contribution in [2.45, 2.75) is 19.0 Å². The number of hydrogen-bond acceptors (Lipinski definition) is 4. The first-order valence-electron chi connectivity index (χ1n) is 6.95. The molecule has 0 aliphatic carbocycles. The number of carboxylic acid groups (broad SMARTS) is 1. The van der Waals surface area contributed by atoms with Gasteiger partial charge in [-0.2, -0.15) is 0 Å². The lowest BCUT2D eigenvalue weighted by atomic mass is 10.1. The molecule has 0 fully saturated rings. The molecular formula is C16H16ClN3O3. The van der Waals surface area contributed by atoms with Gasteiger partial charge in [0, 0.05) is 18.9 Å². The molecule has 1 heterocycles. The van der Waals surface area contributed by atoms with Gasteiger partial charge in [0.05, 0.1) is 17.1 Å². The van der Waals surface area contributed by atoms with Crippen molar-refractivity contribution in [3.63, 3.8) is 0 Å². The predicted molar refractivity (Wildman–Crippen MR) is 87.2 cm³/mol. The van der Waals surface area contributed by atoms with Gasteiger partial charge >= 0.3 is 5.97 Å². The number of carboxylic acids is 1. The molecule has 0 radical (unpaired) electrons. The van der Waals surface area contributed by atoms with Crippen LogP contribution >= 0.6 is 11.6 Å². The first kappa shape index (κ1) is 16.9. The van der Waals surface area contributed by atoms with Crippen LogP contribution in [-0.4, -0.2) is 28.0 Å². The number of para-hydroxylation sites is 1. The fraction of sp³-hybridized carbons (Fsp3) is 0.188. The third-order valence-corrected chi connectivity index (χ3v) is 3.44. The van der Waals surface area contributed by atoms with Crippen LogP contribution in [0, 0.1) is 0 Å².